The Morgan fingerprint density at radius 2 is 2.16 bits per heavy atom. The Kier molecular flexibility index (Phi) is 4.57. The van der Waals surface area contributed by atoms with Crippen molar-refractivity contribution >= 4 is 17.3 Å². The molecule has 2 rings (SSSR count). The number of hydrogen-bond donors (Lipinski definition) is 0. The number of ether oxygens (including phenoxy) is 3. The van der Waals surface area contributed by atoms with Gasteiger partial charge in [0.25, 0.3) is 0 Å². The van der Waals surface area contributed by atoms with Gasteiger partial charge in [0.05, 0.1) is 19.3 Å². The maximum atomic E-state index is 11.7. The van der Waals surface area contributed by atoms with Crippen LogP contribution >= 0.6 is 0 Å². The molecular formula is C11H18O7S. The van der Waals surface area contributed by atoms with Gasteiger partial charge in [0.1, 0.15) is 6.10 Å². The van der Waals surface area contributed by atoms with Gasteiger partial charge in [-0.05, 0) is 20.8 Å². The molecule has 0 aromatic carbocycles. The predicted molar refractivity (Wildman–Crippen MR) is 64.0 cm³/mol. The molecule has 0 aliphatic carbocycles. The minimum atomic E-state index is -1.92. The van der Waals surface area contributed by atoms with E-state index in [2.05, 4.69) is 0 Å². The van der Waals surface area contributed by atoms with Gasteiger partial charge in [-0.15, -0.1) is 0 Å². The predicted octanol–water partition coefficient (Wildman–Crippen LogP) is 0.454. The molecule has 0 amide bonds. The van der Waals surface area contributed by atoms with Crippen molar-refractivity contribution in [3.63, 3.8) is 0 Å². The lowest BCUT2D eigenvalue weighted by Crippen LogP contribution is -2.36. The Balaban J connectivity index is 1.94. The van der Waals surface area contributed by atoms with E-state index in [0.717, 1.165) is 0 Å². The lowest BCUT2D eigenvalue weighted by Gasteiger charge is -2.19. The van der Waals surface area contributed by atoms with Gasteiger partial charge < -0.3 is 14.2 Å². The first-order valence-corrected chi connectivity index (χ1v) is 7.15. The van der Waals surface area contributed by atoms with Crippen LogP contribution in [0.25, 0.3) is 0 Å². The van der Waals surface area contributed by atoms with E-state index in [1.54, 1.807) is 20.8 Å². The van der Waals surface area contributed by atoms with Crippen molar-refractivity contribution in [3.05, 3.63) is 0 Å². The highest BCUT2D eigenvalue weighted by Crippen LogP contribution is 2.29. The van der Waals surface area contributed by atoms with Crippen LogP contribution in [0.15, 0.2) is 0 Å². The third-order valence-electron chi connectivity index (χ3n) is 2.80. The van der Waals surface area contributed by atoms with Gasteiger partial charge in [-0.25, -0.2) is 4.79 Å². The number of esters is 1. The van der Waals surface area contributed by atoms with Gasteiger partial charge in [-0.1, -0.05) is 0 Å². The summed E-state index contributed by atoms with van der Waals surface area (Å²) in [5.74, 6) is -1.22. The van der Waals surface area contributed by atoms with E-state index in [1.165, 1.54) is 0 Å². The molecule has 110 valence electrons. The average Bonchev–Trinajstić information content (AvgIpc) is 2.83. The van der Waals surface area contributed by atoms with E-state index >= 15 is 0 Å². The van der Waals surface area contributed by atoms with E-state index in [4.69, 9.17) is 22.6 Å². The van der Waals surface area contributed by atoms with Crippen LogP contribution in [0, 0.1) is 0 Å². The average molecular weight is 294 g/mol. The van der Waals surface area contributed by atoms with Crippen molar-refractivity contribution in [2.24, 2.45) is 0 Å². The number of carbonyl (C=O) groups is 1. The highest BCUT2D eigenvalue weighted by Gasteiger charge is 2.45. The fourth-order valence-electron chi connectivity index (χ4n) is 2.04. The molecule has 0 aromatic rings. The molecule has 2 fully saturated rings. The summed E-state index contributed by atoms with van der Waals surface area (Å²) < 4.78 is 37.2. The normalized spacial score (nSPS) is 37.4. The number of carbonyl (C=O) groups excluding carboxylic acids is 1. The summed E-state index contributed by atoms with van der Waals surface area (Å²) in [6.45, 7) is 5.93. The number of hydrogen-bond acceptors (Lipinski definition) is 7. The summed E-state index contributed by atoms with van der Waals surface area (Å²) in [6.07, 6.45) is -1.50. The van der Waals surface area contributed by atoms with E-state index < -0.39 is 35.3 Å². The molecule has 2 saturated heterocycles. The standard InChI is InChI=1S/C11H18O7S/c1-4-14-10(12)9-8(17-19(13)18-9)5-7-6-15-11(2,3)16-7/h7-9H,4-6H2,1-3H3/t7-,8+,9+,19?/m0/s1. The van der Waals surface area contributed by atoms with Crippen LogP contribution in [0.5, 0.6) is 0 Å². The largest absolute Gasteiger partial charge is 0.464 e. The summed E-state index contributed by atoms with van der Waals surface area (Å²) in [4.78, 5) is 11.7. The van der Waals surface area contributed by atoms with E-state index in [1.807, 2.05) is 0 Å². The zero-order chi connectivity index (χ0) is 14.0. The quantitative estimate of drug-likeness (QED) is 0.696. The van der Waals surface area contributed by atoms with Crippen molar-refractivity contribution in [1.82, 2.24) is 0 Å². The molecule has 2 aliphatic rings. The molecule has 0 spiro atoms. The summed E-state index contributed by atoms with van der Waals surface area (Å²) in [5, 5.41) is 0. The summed E-state index contributed by atoms with van der Waals surface area (Å²) in [6, 6.07) is 0. The zero-order valence-electron chi connectivity index (χ0n) is 11.1. The Morgan fingerprint density at radius 1 is 1.42 bits per heavy atom. The van der Waals surface area contributed by atoms with E-state index in [9.17, 15) is 9.00 Å². The third kappa shape index (κ3) is 3.73. The molecule has 0 saturated carbocycles. The number of rotatable bonds is 4. The molecule has 4 atom stereocenters. The molecule has 7 nitrogen and oxygen atoms in total. The van der Waals surface area contributed by atoms with Gasteiger partial charge in [0, 0.05) is 6.42 Å². The fraction of sp³-hybridized carbons (Fsp3) is 0.909. The SMILES string of the molecule is CCOC(=O)[C@@H]1OS(=O)O[C@@H]1C[C@H]1COC(C)(C)O1. The van der Waals surface area contributed by atoms with Gasteiger partial charge in [-0.3, -0.25) is 8.37 Å². The van der Waals surface area contributed by atoms with Crippen molar-refractivity contribution in [1.29, 1.82) is 0 Å². The molecular weight excluding hydrogens is 276 g/mol. The summed E-state index contributed by atoms with van der Waals surface area (Å²) in [5.41, 5.74) is 0. The van der Waals surface area contributed by atoms with Crippen LogP contribution < -0.4 is 0 Å². The van der Waals surface area contributed by atoms with Crippen molar-refractivity contribution in [2.75, 3.05) is 13.2 Å². The molecule has 2 heterocycles. The minimum Gasteiger partial charge on any atom is -0.464 e. The molecule has 0 radical (unpaired) electrons. The van der Waals surface area contributed by atoms with Crippen LogP contribution in [0.4, 0.5) is 0 Å². The summed E-state index contributed by atoms with van der Waals surface area (Å²) >= 11 is -1.92. The third-order valence-corrected chi connectivity index (χ3v) is 3.57. The van der Waals surface area contributed by atoms with Crippen molar-refractivity contribution < 1.29 is 31.6 Å². The molecule has 0 N–H and O–H groups in total. The van der Waals surface area contributed by atoms with Gasteiger partial charge in [0.2, 0.25) is 6.10 Å². The monoisotopic (exact) mass is 294 g/mol. The molecule has 8 heteroatoms. The Bertz CT molecular complexity index is 370. The molecule has 0 bridgehead atoms. The lowest BCUT2D eigenvalue weighted by molar-refractivity contribution is -0.154. The Hall–Kier alpha value is -0.540. The Morgan fingerprint density at radius 3 is 2.74 bits per heavy atom. The van der Waals surface area contributed by atoms with Gasteiger partial charge >= 0.3 is 17.3 Å². The Labute approximate surface area is 114 Å². The second-order valence-corrected chi connectivity index (χ2v) is 5.59. The lowest BCUT2D eigenvalue weighted by atomic mass is 10.1. The second-order valence-electron chi connectivity index (χ2n) is 4.79. The van der Waals surface area contributed by atoms with Gasteiger partial charge in [0.15, 0.2) is 5.79 Å². The molecule has 0 aromatic heterocycles. The second kappa shape index (κ2) is 5.84. The zero-order valence-corrected chi connectivity index (χ0v) is 11.9. The molecule has 19 heavy (non-hydrogen) atoms. The first-order chi connectivity index (χ1) is 8.91. The maximum Gasteiger partial charge on any atom is 0.339 e. The van der Waals surface area contributed by atoms with Crippen molar-refractivity contribution in [2.45, 2.75) is 51.3 Å². The smallest absolute Gasteiger partial charge is 0.339 e. The van der Waals surface area contributed by atoms with Crippen molar-refractivity contribution in [3.8, 4) is 0 Å². The van der Waals surface area contributed by atoms with E-state index in [0.29, 0.717) is 13.0 Å². The van der Waals surface area contributed by atoms with Gasteiger partial charge in [-0.2, -0.15) is 4.21 Å². The first-order valence-electron chi connectivity index (χ1n) is 6.15. The topological polar surface area (TPSA) is 80.3 Å². The van der Waals surface area contributed by atoms with Crippen LogP contribution in [0.3, 0.4) is 0 Å². The molecule has 1 unspecified atom stereocenters. The highest BCUT2D eigenvalue weighted by molar-refractivity contribution is 7.75. The van der Waals surface area contributed by atoms with Crippen LogP contribution in [0.2, 0.25) is 0 Å². The molecule has 2 aliphatic heterocycles. The first kappa shape index (κ1) is 14.9. The fourth-order valence-corrected chi connectivity index (χ4v) is 2.84. The van der Waals surface area contributed by atoms with E-state index in [-0.39, 0.29) is 12.7 Å². The summed E-state index contributed by atoms with van der Waals surface area (Å²) in [7, 11) is 0. The highest BCUT2D eigenvalue weighted by atomic mass is 32.2. The maximum absolute atomic E-state index is 11.7. The van der Waals surface area contributed by atoms with Crippen LogP contribution in [0.1, 0.15) is 27.2 Å². The minimum absolute atomic E-state index is 0.226. The van der Waals surface area contributed by atoms with Crippen LogP contribution in [-0.2, 0) is 38.7 Å². The van der Waals surface area contributed by atoms with Crippen LogP contribution in [-0.4, -0.2) is 47.5 Å².